The van der Waals surface area contributed by atoms with E-state index in [0.29, 0.717) is 12.5 Å². The Kier molecular flexibility index (Phi) is 3.86. The smallest absolute Gasteiger partial charge is 0.320 e. The van der Waals surface area contributed by atoms with Gasteiger partial charge in [0.25, 0.3) is 0 Å². The minimum atomic E-state index is -0.145. The van der Waals surface area contributed by atoms with Gasteiger partial charge in [0.2, 0.25) is 0 Å². The summed E-state index contributed by atoms with van der Waals surface area (Å²) in [6, 6.07) is 0. The van der Waals surface area contributed by atoms with Gasteiger partial charge in [0, 0.05) is 5.92 Å². The first-order valence-electron chi connectivity index (χ1n) is 4.86. The Hall–Kier alpha value is -0.640. The van der Waals surface area contributed by atoms with E-state index in [4.69, 9.17) is 10.5 Å². The standard InChI is InChI=1S/C10H17NO2S/c1-4-13-10(12)9-7(6(2)3)5-8(11)14-9/h5-7,9H,4,11H2,1-3H3. The molecule has 0 saturated heterocycles. The minimum Gasteiger partial charge on any atom is -0.465 e. The number of esters is 1. The fraction of sp³-hybridized carbons (Fsp3) is 0.700. The van der Waals surface area contributed by atoms with E-state index in [2.05, 4.69) is 13.8 Å². The SMILES string of the molecule is CCOC(=O)C1SC(N)=CC1C(C)C. The fourth-order valence-electron chi connectivity index (χ4n) is 1.51. The molecule has 0 aliphatic carbocycles. The van der Waals surface area contributed by atoms with E-state index in [9.17, 15) is 4.79 Å². The van der Waals surface area contributed by atoms with Crippen molar-refractivity contribution < 1.29 is 9.53 Å². The number of rotatable bonds is 3. The molecule has 14 heavy (non-hydrogen) atoms. The van der Waals surface area contributed by atoms with Crippen LogP contribution in [0.5, 0.6) is 0 Å². The van der Waals surface area contributed by atoms with Crippen molar-refractivity contribution >= 4 is 17.7 Å². The predicted octanol–water partition coefficient (Wildman–Crippen LogP) is 1.74. The molecule has 2 atom stereocenters. The molecule has 1 rings (SSSR count). The Labute approximate surface area is 89.1 Å². The summed E-state index contributed by atoms with van der Waals surface area (Å²) >= 11 is 1.41. The number of nitrogens with two attached hydrogens (primary N) is 1. The highest BCUT2D eigenvalue weighted by molar-refractivity contribution is 8.04. The van der Waals surface area contributed by atoms with Crippen LogP contribution in [0.15, 0.2) is 11.1 Å². The zero-order chi connectivity index (χ0) is 10.7. The van der Waals surface area contributed by atoms with E-state index in [1.54, 1.807) is 0 Å². The fourth-order valence-corrected chi connectivity index (χ4v) is 2.76. The Morgan fingerprint density at radius 1 is 1.71 bits per heavy atom. The second kappa shape index (κ2) is 4.73. The highest BCUT2D eigenvalue weighted by Gasteiger charge is 2.36. The van der Waals surface area contributed by atoms with Crippen molar-refractivity contribution in [1.29, 1.82) is 0 Å². The number of hydrogen-bond acceptors (Lipinski definition) is 4. The van der Waals surface area contributed by atoms with Gasteiger partial charge in [0.15, 0.2) is 0 Å². The number of carbonyl (C=O) groups is 1. The summed E-state index contributed by atoms with van der Waals surface area (Å²) in [6.45, 7) is 6.43. The zero-order valence-electron chi connectivity index (χ0n) is 8.82. The number of thioether (sulfide) groups is 1. The first-order valence-corrected chi connectivity index (χ1v) is 5.74. The van der Waals surface area contributed by atoms with Gasteiger partial charge in [-0.2, -0.15) is 0 Å². The normalized spacial score (nSPS) is 26.4. The van der Waals surface area contributed by atoms with E-state index in [1.807, 2.05) is 13.0 Å². The summed E-state index contributed by atoms with van der Waals surface area (Å²) in [4.78, 5) is 11.6. The molecule has 80 valence electrons. The van der Waals surface area contributed by atoms with Gasteiger partial charge >= 0.3 is 5.97 Å². The highest BCUT2D eigenvalue weighted by Crippen LogP contribution is 2.38. The van der Waals surface area contributed by atoms with Gasteiger partial charge in [-0.25, -0.2) is 0 Å². The lowest BCUT2D eigenvalue weighted by Crippen LogP contribution is -2.28. The van der Waals surface area contributed by atoms with E-state index >= 15 is 0 Å². The van der Waals surface area contributed by atoms with Crippen LogP contribution >= 0.6 is 11.8 Å². The topological polar surface area (TPSA) is 52.3 Å². The van der Waals surface area contributed by atoms with Gasteiger partial charge < -0.3 is 10.5 Å². The van der Waals surface area contributed by atoms with E-state index in [1.165, 1.54) is 11.8 Å². The summed E-state index contributed by atoms with van der Waals surface area (Å²) < 4.78 is 5.01. The third kappa shape index (κ3) is 2.44. The van der Waals surface area contributed by atoms with Gasteiger partial charge in [0.05, 0.1) is 11.6 Å². The molecule has 0 fully saturated rings. The molecule has 1 heterocycles. The van der Waals surface area contributed by atoms with Crippen LogP contribution in [0.4, 0.5) is 0 Å². The molecule has 0 aromatic carbocycles. The molecule has 0 radical (unpaired) electrons. The van der Waals surface area contributed by atoms with Crippen LogP contribution in [0.3, 0.4) is 0 Å². The maximum atomic E-state index is 11.6. The quantitative estimate of drug-likeness (QED) is 0.729. The average molecular weight is 215 g/mol. The van der Waals surface area contributed by atoms with Gasteiger partial charge in [-0.3, -0.25) is 4.79 Å². The van der Waals surface area contributed by atoms with Crippen molar-refractivity contribution in [2.45, 2.75) is 26.0 Å². The largest absolute Gasteiger partial charge is 0.465 e. The van der Waals surface area contributed by atoms with E-state index in [-0.39, 0.29) is 17.1 Å². The number of allylic oxidation sites excluding steroid dienone is 1. The number of carbonyl (C=O) groups excluding carboxylic acids is 1. The maximum Gasteiger partial charge on any atom is 0.320 e. The summed E-state index contributed by atoms with van der Waals surface area (Å²) in [7, 11) is 0. The lowest BCUT2D eigenvalue weighted by atomic mass is 9.92. The lowest BCUT2D eigenvalue weighted by Gasteiger charge is -2.19. The first-order chi connectivity index (χ1) is 6.56. The van der Waals surface area contributed by atoms with Crippen LogP contribution in [0.1, 0.15) is 20.8 Å². The van der Waals surface area contributed by atoms with E-state index in [0.717, 1.165) is 5.03 Å². The average Bonchev–Trinajstić information content (AvgIpc) is 2.48. The molecule has 4 heteroatoms. The Morgan fingerprint density at radius 3 is 2.86 bits per heavy atom. The predicted molar refractivity (Wildman–Crippen MR) is 58.6 cm³/mol. The molecule has 0 saturated carbocycles. The van der Waals surface area contributed by atoms with Crippen LogP contribution in [0.25, 0.3) is 0 Å². The molecule has 3 nitrogen and oxygen atoms in total. The molecule has 0 aromatic rings. The molecule has 1 aliphatic rings. The van der Waals surface area contributed by atoms with E-state index < -0.39 is 0 Å². The summed E-state index contributed by atoms with van der Waals surface area (Å²) in [5, 5.41) is 0.594. The van der Waals surface area contributed by atoms with Crippen LogP contribution in [0.2, 0.25) is 0 Å². The molecule has 0 spiro atoms. The summed E-state index contributed by atoms with van der Waals surface area (Å²) in [5.41, 5.74) is 5.70. The van der Waals surface area contributed by atoms with Crippen molar-refractivity contribution in [3.63, 3.8) is 0 Å². The van der Waals surface area contributed by atoms with Crippen molar-refractivity contribution in [3.8, 4) is 0 Å². The van der Waals surface area contributed by atoms with Crippen LogP contribution < -0.4 is 5.73 Å². The first kappa shape index (κ1) is 11.4. The van der Waals surface area contributed by atoms with Crippen molar-refractivity contribution in [2.24, 2.45) is 17.6 Å². The van der Waals surface area contributed by atoms with Crippen LogP contribution in [0, 0.1) is 11.8 Å². The molecule has 2 N–H and O–H groups in total. The van der Waals surface area contributed by atoms with Crippen molar-refractivity contribution in [1.82, 2.24) is 0 Å². The molecule has 0 bridgehead atoms. The zero-order valence-corrected chi connectivity index (χ0v) is 9.64. The second-order valence-corrected chi connectivity index (χ2v) is 4.90. The molecular formula is C10H17NO2S. The van der Waals surface area contributed by atoms with Gasteiger partial charge in [0.1, 0.15) is 5.25 Å². The second-order valence-electron chi connectivity index (χ2n) is 3.68. The summed E-state index contributed by atoms with van der Waals surface area (Å²) in [5.74, 6) is 0.477. The monoisotopic (exact) mass is 215 g/mol. The molecule has 2 unspecified atom stereocenters. The van der Waals surface area contributed by atoms with Crippen LogP contribution in [-0.4, -0.2) is 17.8 Å². The Balaban J connectivity index is 2.66. The Bertz CT molecular complexity index is 251. The summed E-state index contributed by atoms with van der Waals surface area (Å²) in [6.07, 6.45) is 1.97. The van der Waals surface area contributed by atoms with Gasteiger partial charge in [-0.15, -0.1) is 0 Å². The minimum absolute atomic E-state index is 0.144. The van der Waals surface area contributed by atoms with Crippen molar-refractivity contribution in [2.75, 3.05) is 6.61 Å². The van der Waals surface area contributed by atoms with Gasteiger partial charge in [-0.1, -0.05) is 25.6 Å². The number of hydrogen-bond donors (Lipinski definition) is 1. The molecule has 1 aliphatic heterocycles. The molecule has 0 aromatic heterocycles. The van der Waals surface area contributed by atoms with Crippen molar-refractivity contribution in [3.05, 3.63) is 11.1 Å². The maximum absolute atomic E-state index is 11.6. The third-order valence-electron chi connectivity index (χ3n) is 2.26. The number of ether oxygens (including phenoxy) is 1. The van der Waals surface area contributed by atoms with Crippen LogP contribution in [-0.2, 0) is 9.53 Å². The molecular weight excluding hydrogens is 198 g/mol. The molecule has 0 amide bonds. The van der Waals surface area contributed by atoms with Gasteiger partial charge in [-0.05, 0) is 18.9 Å². The highest BCUT2D eigenvalue weighted by atomic mass is 32.2. The Morgan fingerprint density at radius 2 is 2.36 bits per heavy atom. The third-order valence-corrected chi connectivity index (χ3v) is 3.43. The lowest BCUT2D eigenvalue weighted by molar-refractivity contribution is -0.143.